The fourth-order valence-corrected chi connectivity index (χ4v) is 4.26. The van der Waals surface area contributed by atoms with Gasteiger partial charge in [0.1, 0.15) is 18.2 Å². The van der Waals surface area contributed by atoms with Crippen molar-refractivity contribution in [1.82, 2.24) is 5.32 Å². The number of ether oxygens (including phenoxy) is 1. The van der Waals surface area contributed by atoms with E-state index in [1.165, 1.54) is 23.9 Å². The molecular formula is C23H15BrClFN2O2S. The highest BCUT2D eigenvalue weighted by Crippen LogP contribution is 2.31. The van der Waals surface area contributed by atoms with Crippen molar-refractivity contribution in [1.29, 1.82) is 0 Å². The van der Waals surface area contributed by atoms with Gasteiger partial charge in [0.15, 0.2) is 5.17 Å². The number of amidine groups is 1. The van der Waals surface area contributed by atoms with E-state index in [2.05, 4.69) is 26.2 Å². The molecule has 1 aliphatic heterocycles. The van der Waals surface area contributed by atoms with Crippen LogP contribution in [0, 0.1) is 5.82 Å². The van der Waals surface area contributed by atoms with E-state index in [0.717, 1.165) is 15.6 Å². The van der Waals surface area contributed by atoms with Gasteiger partial charge in [-0.1, -0.05) is 29.8 Å². The molecule has 0 unspecified atom stereocenters. The number of carbonyl (C=O) groups is 1. The second kappa shape index (κ2) is 9.68. The van der Waals surface area contributed by atoms with Crippen LogP contribution in [0.25, 0.3) is 6.08 Å². The molecule has 3 aromatic rings. The van der Waals surface area contributed by atoms with E-state index >= 15 is 0 Å². The second-order valence-electron chi connectivity index (χ2n) is 6.57. The summed E-state index contributed by atoms with van der Waals surface area (Å²) in [6, 6.07) is 18.8. The SMILES string of the molecule is O=C1NC(=Nc2ccc(Cl)cc2)S/C1=C\c1ccc(OCc2cccc(F)c2)c(Br)c1. The van der Waals surface area contributed by atoms with E-state index in [-0.39, 0.29) is 18.3 Å². The molecule has 0 bridgehead atoms. The normalized spacial score (nSPS) is 16.0. The number of nitrogens with one attached hydrogen (secondary N) is 1. The number of benzene rings is 3. The number of hydrogen-bond donors (Lipinski definition) is 1. The molecule has 0 atom stereocenters. The minimum absolute atomic E-state index is 0.208. The quantitative estimate of drug-likeness (QED) is 0.383. The molecule has 0 aromatic heterocycles. The largest absolute Gasteiger partial charge is 0.488 e. The van der Waals surface area contributed by atoms with Crippen molar-refractivity contribution in [2.24, 2.45) is 4.99 Å². The van der Waals surface area contributed by atoms with E-state index < -0.39 is 0 Å². The third kappa shape index (κ3) is 5.76. The van der Waals surface area contributed by atoms with Gasteiger partial charge in [-0.3, -0.25) is 4.79 Å². The topological polar surface area (TPSA) is 50.7 Å². The van der Waals surface area contributed by atoms with Crippen molar-refractivity contribution >= 4 is 62.1 Å². The molecule has 1 amide bonds. The fraction of sp³-hybridized carbons (Fsp3) is 0.0435. The number of carbonyl (C=O) groups excluding carboxylic acids is 1. The Kier molecular flexibility index (Phi) is 6.75. The van der Waals surface area contributed by atoms with Crippen LogP contribution in [0.5, 0.6) is 5.75 Å². The average Bonchev–Trinajstić information content (AvgIpc) is 3.08. The molecule has 0 saturated carbocycles. The van der Waals surface area contributed by atoms with Gasteiger partial charge >= 0.3 is 0 Å². The van der Waals surface area contributed by atoms with Gasteiger partial charge in [0.25, 0.3) is 5.91 Å². The smallest absolute Gasteiger partial charge is 0.264 e. The molecule has 3 aromatic carbocycles. The molecule has 1 aliphatic rings. The third-order valence-corrected chi connectivity index (χ3v) is 6.03. The number of nitrogens with zero attached hydrogens (tertiary/aromatic N) is 1. The van der Waals surface area contributed by atoms with Crippen LogP contribution in [-0.2, 0) is 11.4 Å². The molecule has 0 radical (unpaired) electrons. The van der Waals surface area contributed by atoms with Crippen molar-refractivity contribution in [3.8, 4) is 5.75 Å². The minimum Gasteiger partial charge on any atom is -0.488 e. The molecule has 1 heterocycles. The highest BCUT2D eigenvalue weighted by molar-refractivity contribution is 9.10. The maximum absolute atomic E-state index is 13.3. The van der Waals surface area contributed by atoms with Gasteiger partial charge in [0, 0.05) is 5.02 Å². The summed E-state index contributed by atoms with van der Waals surface area (Å²) in [6.45, 7) is 0.250. The lowest BCUT2D eigenvalue weighted by Gasteiger charge is -2.09. The molecule has 8 heteroatoms. The summed E-state index contributed by atoms with van der Waals surface area (Å²) in [5.74, 6) is 0.119. The number of halogens is 3. The van der Waals surface area contributed by atoms with Crippen LogP contribution in [0.2, 0.25) is 5.02 Å². The van der Waals surface area contributed by atoms with Gasteiger partial charge in [-0.05, 0) is 93.4 Å². The first-order chi connectivity index (χ1) is 15.0. The van der Waals surface area contributed by atoms with Crippen LogP contribution >= 0.6 is 39.3 Å². The van der Waals surface area contributed by atoms with Gasteiger partial charge in [-0.25, -0.2) is 9.38 Å². The first-order valence-electron chi connectivity index (χ1n) is 9.18. The summed E-state index contributed by atoms with van der Waals surface area (Å²) < 4.78 is 19.8. The minimum atomic E-state index is -0.298. The monoisotopic (exact) mass is 516 g/mol. The Morgan fingerprint density at radius 2 is 1.94 bits per heavy atom. The standard InChI is InChI=1S/C23H15BrClFN2O2S/c24-19-11-14(4-9-20(19)30-13-15-2-1-3-17(26)10-15)12-21-22(29)28-23(31-21)27-18-7-5-16(25)6-8-18/h1-12H,13H2,(H,27,28,29)/b21-12-. The van der Waals surface area contributed by atoms with Crippen LogP contribution in [0.3, 0.4) is 0 Å². The third-order valence-electron chi connectivity index (χ3n) is 4.25. The lowest BCUT2D eigenvalue weighted by molar-refractivity contribution is -0.115. The predicted octanol–water partition coefficient (Wildman–Crippen LogP) is 6.71. The van der Waals surface area contributed by atoms with Gasteiger partial charge < -0.3 is 10.1 Å². The molecule has 4 rings (SSSR count). The van der Waals surface area contributed by atoms with Crippen LogP contribution in [0.1, 0.15) is 11.1 Å². The molecule has 1 saturated heterocycles. The lowest BCUT2D eigenvalue weighted by Crippen LogP contribution is -2.19. The van der Waals surface area contributed by atoms with E-state index in [0.29, 0.717) is 26.5 Å². The molecule has 0 spiro atoms. The van der Waals surface area contributed by atoms with E-state index in [9.17, 15) is 9.18 Å². The first-order valence-corrected chi connectivity index (χ1v) is 11.2. The Morgan fingerprint density at radius 3 is 2.68 bits per heavy atom. The Hall–Kier alpha value is -2.61. The highest BCUT2D eigenvalue weighted by atomic mass is 79.9. The fourth-order valence-electron chi connectivity index (χ4n) is 2.78. The molecule has 0 aliphatic carbocycles. The molecule has 4 nitrogen and oxygen atoms in total. The van der Waals surface area contributed by atoms with Gasteiger partial charge in [0.05, 0.1) is 15.1 Å². The van der Waals surface area contributed by atoms with Crippen LogP contribution in [-0.4, -0.2) is 11.1 Å². The van der Waals surface area contributed by atoms with Crippen molar-refractivity contribution in [3.05, 3.63) is 98.1 Å². The summed E-state index contributed by atoms with van der Waals surface area (Å²) in [4.78, 5) is 17.3. The summed E-state index contributed by atoms with van der Waals surface area (Å²) in [5.41, 5.74) is 2.27. The van der Waals surface area contributed by atoms with Crippen molar-refractivity contribution < 1.29 is 13.9 Å². The van der Waals surface area contributed by atoms with Gasteiger partial charge in [-0.15, -0.1) is 0 Å². The van der Waals surface area contributed by atoms with E-state index in [1.807, 2.05) is 12.1 Å². The molecule has 156 valence electrons. The zero-order valence-electron chi connectivity index (χ0n) is 15.9. The van der Waals surface area contributed by atoms with E-state index in [4.69, 9.17) is 16.3 Å². The van der Waals surface area contributed by atoms with Crippen LogP contribution in [0.4, 0.5) is 10.1 Å². The Labute approximate surface area is 196 Å². The van der Waals surface area contributed by atoms with E-state index in [1.54, 1.807) is 48.5 Å². The number of aliphatic imine (C=N–C) groups is 1. The Morgan fingerprint density at radius 1 is 1.13 bits per heavy atom. The Balaban J connectivity index is 1.45. The second-order valence-corrected chi connectivity index (χ2v) is 8.89. The number of hydrogen-bond acceptors (Lipinski definition) is 4. The molecule has 31 heavy (non-hydrogen) atoms. The number of thioether (sulfide) groups is 1. The van der Waals surface area contributed by atoms with Crippen molar-refractivity contribution in [3.63, 3.8) is 0 Å². The maximum Gasteiger partial charge on any atom is 0.264 e. The maximum atomic E-state index is 13.3. The number of rotatable bonds is 5. The zero-order chi connectivity index (χ0) is 21.8. The molecular weight excluding hydrogens is 503 g/mol. The number of amides is 1. The zero-order valence-corrected chi connectivity index (χ0v) is 19.1. The highest BCUT2D eigenvalue weighted by Gasteiger charge is 2.23. The summed E-state index contributed by atoms with van der Waals surface area (Å²) in [6.07, 6.45) is 1.78. The summed E-state index contributed by atoms with van der Waals surface area (Å²) >= 11 is 10.6. The van der Waals surface area contributed by atoms with Crippen molar-refractivity contribution in [2.45, 2.75) is 6.61 Å². The average molecular weight is 518 g/mol. The van der Waals surface area contributed by atoms with Crippen molar-refractivity contribution in [2.75, 3.05) is 0 Å². The molecule has 1 fully saturated rings. The molecule has 1 N–H and O–H groups in total. The van der Waals surface area contributed by atoms with Gasteiger partial charge in [-0.2, -0.15) is 0 Å². The summed E-state index contributed by atoms with van der Waals surface area (Å²) in [7, 11) is 0. The predicted molar refractivity (Wildman–Crippen MR) is 127 cm³/mol. The van der Waals surface area contributed by atoms with Crippen LogP contribution in [0.15, 0.2) is 81.1 Å². The lowest BCUT2D eigenvalue weighted by atomic mass is 10.2. The first kappa shape index (κ1) is 21.6. The summed E-state index contributed by atoms with van der Waals surface area (Å²) in [5, 5.41) is 3.90. The Bertz CT molecular complexity index is 1200. The van der Waals surface area contributed by atoms with Crippen LogP contribution < -0.4 is 10.1 Å². The van der Waals surface area contributed by atoms with Gasteiger partial charge in [0.2, 0.25) is 0 Å².